The number of nitrogens with one attached hydrogen (secondary N) is 1. The van der Waals surface area contributed by atoms with Crippen molar-refractivity contribution in [2.75, 3.05) is 5.73 Å². The summed E-state index contributed by atoms with van der Waals surface area (Å²) in [5.74, 6) is 0.147. The molecule has 17 heavy (non-hydrogen) atoms. The molecule has 0 radical (unpaired) electrons. The van der Waals surface area contributed by atoms with Crippen molar-refractivity contribution in [1.29, 1.82) is 0 Å². The molecule has 0 amide bonds. The van der Waals surface area contributed by atoms with Gasteiger partial charge < -0.3 is 10.7 Å². The summed E-state index contributed by atoms with van der Waals surface area (Å²) in [6.45, 7) is 0. The first-order valence-corrected chi connectivity index (χ1v) is 5.09. The number of nitrogens with two attached hydrogens (primary N) is 1. The van der Waals surface area contributed by atoms with Crippen molar-refractivity contribution >= 4 is 16.9 Å². The van der Waals surface area contributed by atoms with Gasteiger partial charge in [-0.3, -0.25) is 0 Å². The molecule has 3 N–H and O–H groups in total. The molecule has 2 heterocycles. The second kappa shape index (κ2) is 3.55. The molecule has 2 aromatic heterocycles. The third-order valence-corrected chi connectivity index (χ3v) is 2.65. The Morgan fingerprint density at radius 2 is 1.88 bits per heavy atom. The van der Waals surface area contributed by atoms with E-state index in [-0.39, 0.29) is 5.82 Å². The summed E-state index contributed by atoms with van der Waals surface area (Å²) in [6.07, 6.45) is 3.20. The first-order valence-electron chi connectivity index (χ1n) is 5.09. The highest BCUT2D eigenvalue weighted by Gasteiger charge is 2.10. The maximum atomic E-state index is 12.9. The minimum absolute atomic E-state index is 0.266. The summed E-state index contributed by atoms with van der Waals surface area (Å²) in [4.78, 5) is 11.1. The molecule has 0 aliphatic rings. The van der Waals surface area contributed by atoms with Crippen molar-refractivity contribution in [2.24, 2.45) is 0 Å². The van der Waals surface area contributed by atoms with Crippen LogP contribution in [0.2, 0.25) is 0 Å². The predicted molar refractivity (Wildman–Crippen MR) is 63.7 cm³/mol. The fourth-order valence-electron chi connectivity index (χ4n) is 1.84. The lowest BCUT2D eigenvalue weighted by molar-refractivity contribution is 0.628. The lowest BCUT2D eigenvalue weighted by atomic mass is 10.1. The lowest BCUT2D eigenvalue weighted by Crippen LogP contribution is -1.92. The number of halogens is 1. The van der Waals surface area contributed by atoms with Crippen molar-refractivity contribution in [3.05, 3.63) is 42.6 Å². The number of aromatic nitrogens is 3. The number of anilines is 1. The highest BCUT2D eigenvalue weighted by atomic mass is 19.1. The van der Waals surface area contributed by atoms with Gasteiger partial charge in [-0.2, -0.15) is 0 Å². The van der Waals surface area contributed by atoms with E-state index in [9.17, 15) is 4.39 Å². The van der Waals surface area contributed by atoms with Gasteiger partial charge in [0.25, 0.3) is 0 Å². The molecule has 0 saturated heterocycles. The zero-order valence-corrected chi connectivity index (χ0v) is 8.81. The molecule has 0 aliphatic heterocycles. The fourth-order valence-corrected chi connectivity index (χ4v) is 1.84. The molecule has 5 heteroatoms. The molecule has 3 aromatic rings. The summed E-state index contributed by atoms with van der Waals surface area (Å²) in [5.41, 5.74) is 8.25. The van der Waals surface area contributed by atoms with Gasteiger partial charge in [-0.05, 0) is 17.7 Å². The van der Waals surface area contributed by atoms with E-state index in [1.165, 1.54) is 18.5 Å². The van der Waals surface area contributed by atoms with Crippen LogP contribution in [0.3, 0.4) is 0 Å². The van der Waals surface area contributed by atoms with E-state index >= 15 is 0 Å². The number of hydrogen-bond acceptors (Lipinski definition) is 3. The van der Waals surface area contributed by atoms with Crippen LogP contribution in [-0.4, -0.2) is 15.0 Å². The quantitative estimate of drug-likeness (QED) is 0.671. The van der Waals surface area contributed by atoms with Gasteiger partial charge in [-0.15, -0.1) is 0 Å². The summed E-state index contributed by atoms with van der Waals surface area (Å²) < 4.78 is 12.9. The Hall–Kier alpha value is -2.43. The van der Waals surface area contributed by atoms with Crippen molar-refractivity contribution in [3.8, 4) is 11.1 Å². The summed E-state index contributed by atoms with van der Waals surface area (Å²) in [7, 11) is 0. The Morgan fingerprint density at radius 3 is 2.65 bits per heavy atom. The maximum absolute atomic E-state index is 12.9. The van der Waals surface area contributed by atoms with Crippen LogP contribution < -0.4 is 5.73 Å². The van der Waals surface area contributed by atoms with E-state index in [1.54, 1.807) is 18.3 Å². The highest BCUT2D eigenvalue weighted by Crippen LogP contribution is 2.30. The summed E-state index contributed by atoms with van der Waals surface area (Å²) in [6, 6.07) is 6.22. The van der Waals surface area contributed by atoms with Gasteiger partial charge >= 0.3 is 0 Å². The molecule has 1 aromatic carbocycles. The number of nitrogen functional groups attached to an aromatic ring is 1. The smallest absolute Gasteiger partial charge is 0.143 e. The second-order valence-corrected chi connectivity index (χ2v) is 3.69. The van der Waals surface area contributed by atoms with Crippen LogP contribution in [0.25, 0.3) is 22.2 Å². The van der Waals surface area contributed by atoms with Crippen molar-refractivity contribution in [2.45, 2.75) is 0 Å². The predicted octanol–water partition coefficient (Wildman–Crippen LogP) is 2.35. The van der Waals surface area contributed by atoms with Crippen LogP contribution in [0.5, 0.6) is 0 Å². The average molecular weight is 228 g/mol. The minimum atomic E-state index is -0.266. The van der Waals surface area contributed by atoms with Gasteiger partial charge in [0.2, 0.25) is 0 Å². The van der Waals surface area contributed by atoms with Crippen LogP contribution in [-0.2, 0) is 0 Å². The molecule has 0 unspecified atom stereocenters. The average Bonchev–Trinajstić information content (AvgIpc) is 2.75. The number of H-pyrrole nitrogens is 1. The normalized spacial score (nSPS) is 10.9. The number of fused-ring (bicyclic) bond motifs is 1. The molecule has 0 bridgehead atoms. The molecule has 0 atom stereocenters. The van der Waals surface area contributed by atoms with E-state index in [1.807, 2.05) is 0 Å². The van der Waals surface area contributed by atoms with E-state index < -0.39 is 0 Å². The first-order chi connectivity index (χ1) is 8.25. The SMILES string of the molecule is Nc1ncnc2[nH]cc(-c3ccc(F)cc3)c12. The summed E-state index contributed by atoms with van der Waals surface area (Å²) >= 11 is 0. The number of hydrogen-bond donors (Lipinski definition) is 2. The molecule has 3 rings (SSSR count). The van der Waals surface area contributed by atoms with Crippen LogP contribution in [0.4, 0.5) is 10.2 Å². The second-order valence-electron chi connectivity index (χ2n) is 3.69. The van der Waals surface area contributed by atoms with Crippen LogP contribution >= 0.6 is 0 Å². The Labute approximate surface area is 96.3 Å². The van der Waals surface area contributed by atoms with Gasteiger partial charge in [-0.1, -0.05) is 12.1 Å². The van der Waals surface area contributed by atoms with E-state index in [4.69, 9.17) is 5.73 Å². The van der Waals surface area contributed by atoms with Gasteiger partial charge in [0, 0.05) is 11.8 Å². The molecule has 4 nitrogen and oxygen atoms in total. The van der Waals surface area contributed by atoms with E-state index in [0.29, 0.717) is 11.5 Å². The molecular formula is C12H9FN4. The molecule has 0 saturated carbocycles. The Balaban J connectivity index is 2.27. The van der Waals surface area contributed by atoms with Gasteiger partial charge in [0.05, 0.1) is 5.39 Å². The van der Waals surface area contributed by atoms with Crippen molar-refractivity contribution in [3.63, 3.8) is 0 Å². The lowest BCUT2D eigenvalue weighted by Gasteiger charge is -2.00. The van der Waals surface area contributed by atoms with Gasteiger partial charge in [-0.25, -0.2) is 14.4 Å². The summed E-state index contributed by atoms with van der Waals surface area (Å²) in [5, 5.41) is 0.763. The fraction of sp³-hybridized carbons (Fsp3) is 0. The standard InChI is InChI=1S/C12H9FN4/c13-8-3-1-7(2-4-8)9-5-15-12-10(9)11(14)16-6-17-12/h1-6H,(H3,14,15,16,17). The third kappa shape index (κ3) is 1.52. The van der Waals surface area contributed by atoms with E-state index in [2.05, 4.69) is 15.0 Å². The molecule has 0 fully saturated rings. The van der Waals surface area contributed by atoms with Crippen LogP contribution in [0.1, 0.15) is 0 Å². The maximum Gasteiger partial charge on any atom is 0.143 e. The molecule has 84 valence electrons. The van der Waals surface area contributed by atoms with Crippen molar-refractivity contribution in [1.82, 2.24) is 15.0 Å². The first kappa shape index (κ1) is 9.77. The Kier molecular flexibility index (Phi) is 2.04. The number of rotatable bonds is 1. The Morgan fingerprint density at radius 1 is 1.12 bits per heavy atom. The zero-order valence-electron chi connectivity index (χ0n) is 8.81. The molecule has 0 aliphatic carbocycles. The highest BCUT2D eigenvalue weighted by molar-refractivity contribution is 5.99. The number of nitrogens with zero attached hydrogens (tertiary/aromatic N) is 2. The molecular weight excluding hydrogens is 219 g/mol. The molecule has 0 spiro atoms. The van der Waals surface area contributed by atoms with Crippen LogP contribution in [0.15, 0.2) is 36.8 Å². The van der Waals surface area contributed by atoms with E-state index in [0.717, 1.165) is 16.5 Å². The van der Waals surface area contributed by atoms with Gasteiger partial charge in [0.15, 0.2) is 0 Å². The minimum Gasteiger partial charge on any atom is -0.383 e. The number of benzene rings is 1. The Bertz CT molecular complexity index is 673. The third-order valence-electron chi connectivity index (χ3n) is 2.65. The van der Waals surface area contributed by atoms with Crippen molar-refractivity contribution < 1.29 is 4.39 Å². The zero-order chi connectivity index (χ0) is 11.8. The van der Waals surface area contributed by atoms with Crippen LogP contribution in [0, 0.1) is 5.82 Å². The monoisotopic (exact) mass is 228 g/mol. The number of aromatic amines is 1. The largest absolute Gasteiger partial charge is 0.383 e. The van der Waals surface area contributed by atoms with Gasteiger partial charge in [0.1, 0.15) is 23.6 Å². The topological polar surface area (TPSA) is 67.6 Å².